The van der Waals surface area contributed by atoms with Crippen LogP contribution in [-0.4, -0.2) is 31.1 Å². The number of aromatic amines is 2. The molecule has 4 heterocycles. The quantitative estimate of drug-likeness (QED) is 0.238. The zero-order valence-corrected chi connectivity index (χ0v) is 21.1. The number of nitrogens with zero attached hydrogens (tertiary/aromatic N) is 3. The average molecular weight is 505 g/mol. The summed E-state index contributed by atoms with van der Waals surface area (Å²) in [5.74, 6) is -0.459. The van der Waals surface area contributed by atoms with Gasteiger partial charge in [-0.3, -0.25) is 19.9 Å². The number of benzene rings is 2. The van der Waals surface area contributed by atoms with E-state index in [1.165, 1.54) is 12.1 Å². The molecule has 0 saturated carbocycles. The first-order valence-corrected chi connectivity index (χ1v) is 12.3. The molecule has 0 spiro atoms. The lowest BCUT2D eigenvalue weighted by Crippen LogP contribution is -2.17. The number of aryl methyl sites for hydroxylation is 1. The highest BCUT2D eigenvalue weighted by Gasteiger charge is 2.16. The van der Waals surface area contributed by atoms with E-state index in [9.17, 15) is 9.18 Å². The molecule has 0 radical (unpaired) electrons. The van der Waals surface area contributed by atoms with Crippen molar-refractivity contribution in [2.45, 2.75) is 20.8 Å². The van der Waals surface area contributed by atoms with E-state index in [1.54, 1.807) is 24.8 Å². The molecule has 0 aliphatic heterocycles. The molecule has 0 atom stereocenters. The Morgan fingerprint density at radius 3 is 2.53 bits per heavy atom. The molecule has 0 saturated heterocycles. The summed E-state index contributed by atoms with van der Waals surface area (Å²) < 4.78 is 14.1. The van der Waals surface area contributed by atoms with Crippen LogP contribution in [0.3, 0.4) is 0 Å². The number of carbonyl (C=O) groups is 1. The Kier molecular flexibility index (Phi) is 5.72. The third kappa shape index (κ3) is 4.30. The van der Waals surface area contributed by atoms with Gasteiger partial charge in [-0.2, -0.15) is 5.10 Å². The number of nitrogens with one attached hydrogen (secondary N) is 3. The van der Waals surface area contributed by atoms with Crippen molar-refractivity contribution in [3.05, 3.63) is 84.7 Å². The van der Waals surface area contributed by atoms with Crippen LogP contribution in [0.1, 0.15) is 19.4 Å². The van der Waals surface area contributed by atoms with Gasteiger partial charge in [0.15, 0.2) is 0 Å². The van der Waals surface area contributed by atoms with Crippen LogP contribution in [0, 0.1) is 18.7 Å². The molecule has 3 N–H and O–H groups in total. The number of aromatic nitrogens is 5. The second kappa shape index (κ2) is 9.23. The van der Waals surface area contributed by atoms with E-state index in [4.69, 9.17) is 0 Å². The van der Waals surface area contributed by atoms with Gasteiger partial charge in [0.1, 0.15) is 11.5 Å². The second-order valence-corrected chi connectivity index (χ2v) is 9.79. The molecule has 8 heteroatoms. The fraction of sp³-hybridized carbons (Fsp3) is 0.133. The summed E-state index contributed by atoms with van der Waals surface area (Å²) >= 11 is 0. The number of hydrogen-bond donors (Lipinski definition) is 3. The molecule has 38 heavy (non-hydrogen) atoms. The second-order valence-electron chi connectivity index (χ2n) is 9.79. The number of hydrogen-bond acceptors (Lipinski definition) is 4. The molecule has 2 aromatic carbocycles. The molecule has 0 aliphatic carbocycles. The first-order valence-electron chi connectivity index (χ1n) is 12.3. The van der Waals surface area contributed by atoms with Crippen molar-refractivity contribution in [2.24, 2.45) is 5.92 Å². The van der Waals surface area contributed by atoms with Gasteiger partial charge in [-0.05, 0) is 60.0 Å². The van der Waals surface area contributed by atoms with E-state index < -0.39 is 0 Å². The first kappa shape index (κ1) is 23.5. The number of anilines is 1. The molecule has 1 amide bonds. The monoisotopic (exact) mass is 504 g/mol. The van der Waals surface area contributed by atoms with Crippen LogP contribution in [0.15, 0.2) is 73.3 Å². The van der Waals surface area contributed by atoms with Crippen LogP contribution in [0.4, 0.5) is 10.1 Å². The zero-order chi connectivity index (χ0) is 26.4. The van der Waals surface area contributed by atoms with Crippen LogP contribution in [-0.2, 0) is 4.79 Å². The first-order chi connectivity index (χ1) is 18.4. The number of rotatable bonds is 5. The Balaban J connectivity index is 1.42. The number of pyridine rings is 2. The topological polar surface area (TPSA) is 99.3 Å². The van der Waals surface area contributed by atoms with Gasteiger partial charge in [0.2, 0.25) is 5.91 Å². The molecule has 0 unspecified atom stereocenters. The fourth-order valence-electron chi connectivity index (χ4n) is 4.65. The summed E-state index contributed by atoms with van der Waals surface area (Å²) in [5.41, 5.74) is 8.25. The van der Waals surface area contributed by atoms with Crippen molar-refractivity contribution < 1.29 is 9.18 Å². The standard InChI is InChI=1S/C30H25FN6O/c1-16(2)30(38)34-22-9-20(12-32-13-22)18-4-5-26-24(10-18)29(37-36-26)27-11-23-25(14-33-15-28(23)35-27)19-6-17(3)7-21(31)8-19/h4-16,35H,1-3H3,(H,34,38)(H,36,37). The normalized spacial score (nSPS) is 11.5. The van der Waals surface area contributed by atoms with E-state index in [0.717, 1.165) is 61.0 Å². The van der Waals surface area contributed by atoms with Crippen LogP contribution in [0.5, 0.6) is 0 Å². The smallest absolute Gasteiger partial charge is 0.226 e. The average Bonchev–Trinajstić information content (AvgIpc) is 3.51. The molecule has 0 aliphatic rings. The van der Waals surface area contributed by atoms with Gasteiger partial charge in [0, 0.05) is 40.2 Å². The van der Waals surface area contributed by atoms with Crippen LogP contribution in [0.25, 0.3) is 55.4 Å². The number of halogens is 1. The minimum Gasteiger partial charge on any atom is -0.352 e. The van der Waals surface area contributed by atoms with E-state index in [1.807, 2.05) is 51.1 Å². The molecule has 0 bridgehead atoms. The van der Waals surface area contributed by atoms with Crippen molar-refractivity contribution in [3.63, 3.8) is 0 Å². The highest BCUT2D eigenvalue weighted by Crippen LogP contribution is 2.35. The maximum Gasteiger partial charge on any atom is 0.226 e. The molecular weight excluding hydrogens is 479 g/mol. The summed E-state index contributed by atoms with van der Waals surface area (Å²) in [6.07, 6.45) is 6.93. The van der Waals surface area contributed by atoms with Crippen molar-refractivity contribution >= 4 is 33.4 Å². The minimum atomic E-state index is -0.277. The van der Waals surface area contributed by atoms with E-state index in [-0.39, 0.29) is 17.6 Å². The molecule has 4 aromatic heterocycles. The van der Waals surface area contributed by atoms with Gasteiger partial charge < -0.3 is 10.3 Å². The molecule has 7 nitrogen and oxygen atoms in total. The third-order valence-electron chi connectivity index (χ3n) is 6.58. The lowest BCUT2D eigenvalue weighted by molar-refractivity contribution is -0.118. The van der Waals surface area contributed by atoms with Gasteiger partial charge in [-0.15, -0.1) is 0 Å². The number of fused-ring (bicyclic) bond motifs is 2. The Hall–Kier alpha value is -4.85. The Morgan fingerprint density at radius 2 is 1.71 bits per heavy atom. The summed E-state index contributed by atoms with van der Waals surface area (Å²) in [6, 6.07) is 15.0. The molecular formula is C30H25FN6O. The van der Waals surface area contributed by atoms with Crippen molar-refractivity contribution in [3.8, 4) is 33.6 Å². The minimum absolute atomic E-state index is 0.0578. The summed E-state index contributed by atoms with van der Waals surface area (Å²) in [5, 5.41) is 12.5. The Bertz CT molecular complexity index is 1810. The maximum atomic E-state index is 14.1. The SMILES string of the molecule is Cc1cc(F)cc(-c2cncc3[nH]c(-c4n[nH]c5ccc(-c6cncc(NC(=O)C(C)C)c6)cc45)cc23)c1. The van der Waals surface area contributed by atoms with Crippen LogP contribution >= 0.6 is 0 Å². The number of H-pyrrole nitrogens is 2. The highest BCUT2D eigenvalue weighted by atomic mass is 19.1. The Labute approximate surface area is 218 Å². The van der Waals surface area contributed by atoms with Gasteiger partial charge in [0.25, 0.3) is 0 Å². The predicted molar refractivity (Wildman–Crippen MR) is 148 cm³/mol. The van der Waals surface area contributed by atoms with Crippen molar-refractivity contribution in [2.75, 3.05) is 5.32 Å². The number of amides is 1. The van der Waals surface area contributed by atoms with Crippen molar-refractivity contribution in [1.29, 1.82) is 0 Å². The van der Waals surface area contributed by atoms with Crippen LogP contribution < -0.4 is 5.32 Å². The van der Waals surface area contributed by atoms with E-state index >= 15 is 0 Å². The lowest BCUT2D eigenvalue weighted by Gasteiger charge is -2.09. The zero-order valence-electron chi connectivity index (χ0n) is 21.1. The molecule has 0 fully saturated rings. The maximum absolute atomic E-state index is 14.1. The van der Waals surface area contributed by atoms with Crippen molar-refractivity contribution in [1.82, 2.24) is 25.1 Å². The van der Waals surface area contributed by atoms with Gasteiger partial charge >= 0.3 is 0 Å². The van der Waals surface area contributed by atoms with Gasteiger partial charge in [0.05, 0.1) is 34.8 Å². The molecule has 6 rings (SSSR count). The van der Waals surface area contributed by atoms with Gasteiger partial charge in [-0.25, -0.2) is 4.39 Å². The van der Waals surface area contributed by atoms with Gasteiger partial charge in [-0.1, -0.05) is 26.0 Å². The van der Waals surface area contributed by atoms with E-state index in [2.05, 4.69) is 36.5 Å². The summed E-state index contributed by atoms with van der Waals surface area (Å²) in [4.78, 5) is 24.3. The largest absolute Gasteiger partial charge is 0.352 e. The fourth-order valence-corrected chi connectivity index (χ4v) is 4.65. The Morgan fingerprint density at radius 1 is 0.868 bits per heavy atom. The van der Waals surface area contributed by atoms with Crippen LogP contribution in [0.2, 0.25) is 0 Å². The molecule has 188 valence electrons. The predicted octanol–water partition coefficient (Wildman–Crippen LogP) is 6.88. The lowest BCUT2D eigenvalue weighted by atomic mass is 10.0. The van der Waals surface area contributed by atoms with E-state index in [0.29, 0.717) is 5.69 Å². The highest BCUT2D eigenvalue weighted by molar-refractivity contribution is 6.01. The third-order valence-corrected chi connectivity index (χ3v) is 6.58. The summed E-state index contributed by atoms with van der Waals surface area (Å²) in [6.45, 7) is 5.58. The number of carbonyl (C=O) groups excluding carboxylic acids is 1. The molecule has 6 aromatic rings. The summed E-state index contributed by atoms with van der Waals surface area (Å²) in [7, 11) is 0.